The minimum absolute atomic E-state index is 0.132. The molecule has 16 heavy (non-hydrogen) atoms. The van der Waals surface area contributed by atoms with Gasteiger partial charge >= 0.3 is 5.97 Å². The van der Waals surface area contributed by atoms with Crippen molar-refractivity contribution < 1.29 is 19.2 Å². The summed E-state index contributed by atoms with van der Waals surface area (Å²) >= 11 is 0. The molecule has 0 aromatic rings. The summed E-state index contributed by atoms with van der Waals surface area (Å²) < 4.78 is 0. The Hall–Kier alpha value is -1.43. The molecule has 6 nitrogen and oxygen atoms in total. The number of hydroxylamine groups is 2. The predicted molar refractivity (Wildman–Crippen MR) is 52.8 cm³/mol. The monoisotopic (exact) mass is 226 g/mol. The SMILES string of the molecule is CN1CCC[C@@H]1C(=O)ON1C(=O)CCC1=O. The summed E-state index contributed by atoms with van der Waals surface area (Å²) in [4.78, 5) is 40.9. The third-order valence-corrected chi connectivity index (χ3v) is 2.98. The number of carbonyl (C=O) groups is 3. The van der Waals surface area contributed by atoms with Crippen LogP contribution in [0.25, 0.3) is 0 Å². The number of rotatable bonds is 2. The molecule has 2 saturated heterocycles. The fourth-order valence-electron chi connectivity index (χ4n) is 2.02. The van der Waals surface area contributed by atoms with Crippen LogP contribution in [0.5, 0.6) is 0 Å². The van der Waals surface area contributed by atoms with Crippen molar-refractivity contribution >= 4 is 17.8 Å². The van der Waals surface area contributed by atoms with Crippen molar-refractivity contribution in [2.75, 3.05) is 13.6 Å². The Morgan fingerprint density at radius 3 is 2.44 bits per heavy atom. The van der Waals surface area contributed by atoms with Crippen molar-refractivity contribution in [2.24, 2.45) is 0 Å². The normalized spacial score (nSPS) is 26.6. The van der Waals surface area contributed by atoms with Gasteiger partial charge in [-0.1, -0.05) is 0 Å². The molecule has 2 fully saturated rings. The summed E-state index contributed by atoms with van der Waals surface area (Å²) in [7, 11) is 1.83. The molecule has 2 heterocycles. The number of hydrogen-bond acceptors (Lipinski definition) is 5. The average molecular weight is 226 g/mol. The van der Waals surface area contributed by atoms with E-state index < -0.39 is 17.8 Å². The van der Waals surface area contributed by atoms with Crippen LogP contribution < -0.4 is 0 Å². The number of imide groups is 1. The van der Waals surface area contributed by atoms with E-state index in [1.165, 1.54) is 0 Å². The molecule has 0 bridgehead atoms. The van der Waals surface area contributed by atoms with E-state index >= 15 is 0 Å². The Labute approximate surface area is 93.1 Å². The fourth-order valence-corrected chi connectivity index (χ4v) is 2.02. The molecule has 88 valence electrons. The van der Waals surface area contributed by atoms with Crippen molar-refractivity contribution in [3.8, 4) is 0 Å². The summed E-state index contributed by atoms with van der Waals surface area (Å²) in [6.07, 6.45) is 1.91. The topological polar surface area (TPSA) is 66.9 Å². The third-order valence-electron chi connectivity index (χ3n) is 2.98. The van der Waals surface area contributed by atoms with Crippen LogP contribution in [0.15, 0.2) is 0 Å². The molecule has 0 aliphatic carbocycles. The van der Waals surface area contributed by atoms with E-state index in [2.05, 4.69) is 0 Å². The molecular formula is C10H14N2O4. The zero-order valence-electron chi connectivity index (χ0n) is 9.14. The first kappa shape index (κ1) is 11.1. The van der Waals surface area contributed by atoms with E-state index in [-0.39, 0.29) is 18.9 Å². The highest BCUT2D eigenvalue weighted by Gasteiger charge is 2.37. The van der Waals surface area contributed by atoms with Crippen molar-refractivity contribution in [1.82, 2.24) is 9.96 Å². The van der Waals surface area contributed by atoms with Crippen LogP contribution in [0.3, 0.4) is 0 Å². The zero-order chi connectivity index (χ0) is 11.7. The van der Waals surface area contributed by atoms with Gasteiger partial charge in [-0.3, -0.25) is 14.5 Å². The summed E-state index contributed by atoms with van der Waals surface area (Å²) in [5.41, 5.74) is 0. The highest BCUT2D eigenvalue weighted by molar-refractivity contribution is 6.01. The van der Waals surface area contributed by atoms with Gasteiger partial charge in [0.2, 0.25) is 0 Å². The Morgan fingerprint density at radius 2 is 1.94 bits per heavy atom. The average Bonchev–Trinajstić information content (AvgIpc) is 2.79. The number of nitrogens with zero attached hydrogens (tertiary/aromatic N) is 2. The van der Waals surface area contributed by atoms with E-state index in [1.54, 1.807) is 0 Å². The van der Waals surface area contributed by atoms with Gasteiger partial charge in [-0.2, -0.15) is 0 Å². The van der Waals surface area contributed by atoms with Gasteiger partial charge in [0.05, 0.1) is 0 Å². The van der Waals surface area contributed by atoms with E-state index in [9.17, 15) is 14.4 Å². The van der Waals surface area contributed by atoms with Crippen LogP contribution in [0.1, 0.15) is 25.7 Å². The second-order valence-corrected chi connectivity index (χ2v) is 4.13. The van der Waals surface area contributed by atoms with Crippen molar-refractivity contribution in [3.63, 3.8) is 0 Å². The van der Waals surface area contributed by atoms with Gasteiger partial charge < -0.3 is 4.84 Å². The Morgan fingerprint density at radius 1 is 1.31 bits per heavy atom. The molecule has 1 atom stereocenters. The van der Waals surface area contributed by atoms with Crippen LogP contribution >= 0.6 is 0 Å². The van der Waals surface area contributed by atoms with Crippen molar-refractivity contribution in [3.05, 3.63) is 0 Å². The number of amides is 2. The first-order valence-corrected chi connectivity index (χ1v) is 5.37. The number of likely N-dealkylation sites (tertiary alicyclic amines) is 1. The van der Waals surface area contributed by atoms with Gasteiger partial charge in [-0.15, -0.1) is 5.06 Å². The smallest absolute Gasteiger partial charge is 0.329 e. The first-order valence-electron chi connectivity index (χ1n) is 5.37. The minimum atomic E-state index is -0.511. The van der Waals surface area contributed by atoms with Gasteiger partial charge in [-0.05, 0) is 26.4 Å². The summed E-state index contributed by atoms with van der Waals surface area (Å²) in [6.45, 7) is 0.835. The van der Waals surface area contributed by atoms with E-state index in [0.717, 1.165) is 13.0 Å². The van der Waals surface area contributed by atoms with Crippen LogP contribution in [0.2, 0.25) is 0 Å². The molecule has 0 N–H and O–H groups in total. The maximum atomic E-state index is 11.7. The second kappa shape index (κ2) is 4.21. The standard InChI is InChI=1S/C10H14N2O4/c1-11-6-2-3-7(11)10(15)16-12-8(13)4-5-9(12)14/h7H,2-6H2,1H3/t7-/m1/s1. The van der Waals surface area contributed by atoms with Crippen LogP contribution in [-0.2, 0) is 19.2 Å². The molecule has 2 rings (SSSR count). The minimum Gasteiger partial charge on any atom is -0.329 e. The molecule has 0 unspecified atom stereocenters. The zero-order valence-corrected chi connectivity index (χ0v) is 9.14. The fraction of sp³-hybridized carbons (Fsp3) is 0.700. The van der Waals surface area contributed by atoms with Crippen molar-refractivity contribution in [2.45, 2.75) is 31.7 Å². The summed E-state index contributed by atoms with van der Waals surface area (Å²) in [5.74, 6) is -1.37. The van der Waals surface area contributed by atoms with Gasteiger partial charge in [0.25, 0.3) is 11.8 Å². The molecule has 0 aromatic heterocycles. The number of likely N-dealkylation sites (N-methyl/N-ethyl adjacent to an activating group) is 1. The van der Waals surface area contributed by atoms with E-state index in [4.69, 9.17) is 4.84 Å². The molecule has 0 spiro atoms. The molecule has 2 aliphatic heterocycles. The highest BCUT2D eigenvalue weighted by Crippen LogP contribution is 2.19. The summed E-state index contributed by atoms with van der Waals surface area (Å²) in [6, 6.07) is -0.332. The lowest BCUT2D eigenvalue weighted by Crippen LogP contribution is -2.40. The van der Waals surface area contributed by atoms with Gasteiger partial charge in [0, 0.05) is 12.8 Å². The maximum Gasteiger partial charge on any atom is 0.350 e. The van der Waals surface area contributed by atoms with E-state index in [1.807, 2.05) is 11.9 Å². The molecule has 2 aliphatic rings. The van der Waals surface area contributed by atoms with Gasteiger partial charge in [0.15, 0.2) is 0 Å². The molecular weight excluding hydrogens is 212 g/mol. The number of carbonyl (C=O) groups excluding carboxylic acids is 3. The van der Waals surface area contributed by atoms with Crippen molar-refractivity contribution in [1.29, 1.82) is 0 Å². The van der Waals surface area contributed by atoms with Crippen LogP contribution in [0.4, 0.5) is 0 Å². The largest absolute Gasteiger partial charge is 0.350 e. The second-order valence-electron chi connectivity index (χ2n) is 4.13. The predicted octanol–water partition coefficient (Wildman–Crippen LogP) is -0.312. The molecule has 2 amide bonds. The Bertz CT molecular complexity index is 326. The van der Waals surface area contributed by atoms with Crippen LogP contribution in [0, 0.1) is 0 Å². The molecule has 6 heteroatoms. The van der Waals surface area contributed by atoms with Gasteiger partial charge in [0.1, 0.15) is 6.04 Å². The molecule has 0 aromatic carbocycles. The number of hydrogen-bond donors (Lipinski definition) is 0. The first-order chi connectivity index (χ1) is 7.59. The highest BCUT2D eigenvalue weighted by atomic mass is 16.7. The maximum absolute atomic E-state index is 11.7. The summed E-state index contributed by atoms with van der Waals surface area (Å²) in [5, 5.41) is 0.606. The quantitative estimate of drug-likeness (QED) is 0.604. The van der Waals surface area contributed by atoms with Crippen LogP contribution in [-0.4, -0.2) is 47.4 Å². The van der Waals surface area contributed by atoms with E-state index in [0.29, 0.717) is 11.5 Å². The Kier molecular flexibility index (Phi) is 2.91. The van der Waals surface area contributed by atoms with Gasteiger partial charge in [-0.25, -0.2) is 4.79 Å². The molecule has 0 radical (unpaired) electrons. The lowest BCUT2D eigenvalue weighted by Gasteiger charge is -2.20. The lowest BCUT2D eigenvalue weighted by molar-refractivity contribution is -0.200. The third kappa shape index (κ3) is 1.92. The Balaban J connectivity index is 1.96. The lowest BCUT2D eigenvalue weighted by atomic mass is 10.2. The molecule has 0 saturated carbocycles.